The summed E-state index contributed by atoms with van der Waals surface area (Å²) in [5.41, 5.74) is 0.0318. The zero-order chi connectivity index (χ0) is 8.89. The van der Waals surface area contributed by atoms with Crippen molar-refractivity contribution in [3.8, 4) is 0 Å². The molecule has 1 heteroatoms. The highest BCUT2D eigenvalue weighted by Crippen LogP contribution is 2.60. The lowest BCUT2D eigenvalue weighted by Crippen LogP contribution is -2.50. The van der Waals surface area contributed by atoms with E-state index >= 15 is 0 Å². The van der Waals surface area contributed by atoms with Crippen LogP contribution in [-0.4, -0.2) is 6.29 Å². The summed E-state index contributed by atoms with van der Waals surface area (Å²) in [5.74, 6) is 2.49. The monoisotopic (exact) mass is 177 g/mol. The zero-order valence-corrected chi connectivity index (χ0v) is 8.09. The molecule has 0 aromatic carbocycles. The Bertz CT molecular complexity index is 235. The number of rotatable bonds is 1. The molecular formula is C12H17O. The molecule has 0 aromatic rings. The molecule has 0 spiro atoms. The maximum absolute atomic E-state index is 11.2. The molecule has 4 bridgehead atoms. The van der Waals surface area contributed by atoms with E-state index in [9.17, 15) is 4.79 Å². The minimum atomic E-state index is 0.0318. The SMILES string of the molecule is O=[C]C12CCCC3CC(CCC31)C2. The molecule has 0 aromatic heterocycles. The van der Waals surface area contributed by atoms with Crippen molar-refractivity contribution in [3.05, 3.63) is 0 Å². The van der Waals surface area contributed by atoms with Gasteiger partial charge in [0, 0.05) is 5.41 Å². The Morgan fingerprint density at radius 2 is 2.15 bits per heavy atom. The fourth-order valence-electron chi connectivity index (χ4n) is 4.40. The smallest absolute Gasteiger partial charge is 0.205 e. The van der Waals surface area contributed by atoms with E-state index in [2.05, 4.69) is 6.29 Å². The van der Waals surface area contributed by atoms with Crippen LogP contribution in [0.1, 0.15) is 44.9 Å². The summed E-state index contributed by atoms with van der Waals surface area (Å²) in [4.78, 5) is 11.2. The Kier molecular flexibility index (Phi) is 1.59. The van der Waals surface area contributed by atoms with Gasteiger partial charge in [0.25, 0.3) is 0 Å². The third-order valence-corrected chi connectivity index (χ3v) is 4.85. The number of carbonyl (C=O) groups excluding carboxylic acids is 1. The number of hydrogen-bond acceptors (Lipinski definition) is 1. The first-order valence-electron chi connectivity index (χ1n) is 5.73. The van der Waals surface area contributed by atoms with Crippen molar-refractivity contribution >= 4 is 6.29 Å². The van der Waals surface area contributed by atoms with Crippen molar-refractivity contribution in [3.63, 3.8) is 0 Å². The van der Waals surface area contributed by atoms with Crippen molar-refractivity contribution in [2.24, 2.45) is 23.2 Å². The second-order valence-electron chi connectivity index (χ2n) is 5.40. The van der Waals surface area contributed by atoms with Crippen molar-refractivity contribution in [1.29, 1.82) is 0 Å². The highest BCUT2D eigenvalue weighted by molar-refractivity contribution is 5.62. The first-order valence-corrected chi connectivity index (χ1v) is 5.73. The molecule has 0 saturated heterocycles. The highest BCUT2D eigenvalue weighted by Gasteiger charge is 2.53. The fraction of sp³-hybridized carbons (Fsp3) is 0.917. The summed E-state index contributed by atoms with van der Waals surface area (Å²) >= 11 is 0. The first-order chi connectivity index (χ1) is 6.34. The molecule has 13 heavy (non-hydrogen) atoms. The molecule has 4 fully saturated rings. The molecule has 0 amide bonds. The van der Waals surface area contributed by atoms with Gasteiger partial charge in [-0.3, -0.25) is 4.79 Å². The second kappa shape index (κ2) is 2.59. The van der Waals surface area contributed by atoms with Gasteiger partial charge in [-0.1, -0.05) is 19.3 Å². The summed E-state index contributed by atoms with van der Waals surface area (Å²) < 4.78 is 0. The molecule has 4 atom stereocenters. The Hall–Kier alpha value is -0.330. The van der Waals surface area contributed by atoms with Gasteiger partial charge in [0.05, 0.1) is 0 Å². The maximum Gasteiger partial charge on any atom is 0.205 e. The van der Waals surface area contributed by atoms with Gasteiger partial charge in [0.2, 0.25) is 6.29 Å². The normalized spacial score (nSPS) is 53.4. The van der Waals surface area contributed by atoms with Crippen LogP contribution in [0.5, 0.6) is 0 Å². The van der Waals surface area contributed by atoms with Gasteiger partial charge in [-0.25, -0.2) is 0 Å². The minimum Gasteiger partial charge on any atom is -0.290 e. The zero-order valence-electron chi connectivity index (χ0n) is 8.09. The largest absolute Gasteiger partial charge is 0.290 e. The van der Waals surface area contributed by atoms with Crippen LogP contribution in [0.15, 0.2) is 0 Å². The summed E-state index contributed by atoms with van der Waals surface area (Å²) in [6, 6.07) is 0. The molecule has 0 aliphatic heterocycles. The van der Waals surface area contributed by atoms with Crippen LogP contribution in [0.3, 0.4) is 0 Å². The van der Waals surface area contributed by atoms with Crippen LogP contribution >= 0.6 is 0 Å². The van der Waals surface area contributed by atoms with E-state index in [0.717, 1.165) is 24.2 Å². The summed E-state index contributed by atoms with van der Waals surface area (Å²) in [6.45, 7) is 0. The average Bonchev–Trinajstić information content (AvgIpc) is 2.18. The molecule has 71 valence electrons. The van der Waals surface area contributed by atoms with E-state index in [1.165, 1.54) is 38.5 Å². The molecular weight excluding hydrogens is 160 g/mol. The van der Waals surface area contributed by atoms with Gasteiger partial charge >= 0.3 is 0 Å². The molecule has 1 radical (unpaired) electrons. The van der Waals surface area contributed by atoms with Crippen molar-refractivity contribution in [2.75, 3.05) is 0 Å². The van der Waals surface area contributed by atoms with E-state index < -0.39 is 0 Å². The fourth-order valence-corrected chi connectivity index (χ4v) is 4.40. The highest BCUT2D eigenvalue weighted by atomic mass is 16.1. The van der Waals surface area contributed by atoms with E-state index in [1.54, 1.807) is 0 Å². The second-order valence-corrected chi connectivity index (χ2v) is 5.40. The predicted molar refractivity (Wildman–Crippen MR) is 50.9 cm³/mol. The van der Waals surface area contributed by atoms with Crippen LogP contribution < -0.4 is 0 Å². The average molecular weight is 177 g/mol. The van der Waals surface area contributed by atoms with Crippen LogP contribution in [0.25, 0.3) is 0 Å². The molecule has 4 saturated carbocycles. The Morgan fingerprint density at radius 3 is 2.85 bits per heavy atom. The summed E-state index contributed by atoms with van der Waals surface area (Å²) in [7, 11) is 0. The molecule has 4 aliphatic rings. The Balaban J connectivity index is 1.97. The van der Waals surface area contributed by atoms with Gasteiger partial charge in [-0.2, -0.15) is 0 Å². The Morgan fingerprint density at radius 1 is 1.23 bits per heavy atom. The van der Waals surface area contributed by atoms with Crippen molar-refractivity contribution in [1.82, 2.24) is 0 Å². The van der Waals surface area contributed by atoms with Gasteiger partial charge in [0.1, 0.15) is 0 Å². The van der Waals surface area contributed by atoms with Gasteiger partial charge in [0.15, 0.2) is 0 Å². The van der Waals surface area contributed by atoms with Crippen LogP contribution in [-0.2, 0) is 4.79 Å². The quantitative estimate of drug-likeness (QED) is 0.602. The van der Waals surface area contributed by atoms with Crippen molar-refractivity contribution in [2.45, 2.75) is 44.9 Å². The maximum atomic E-state index is 11.2. The minimum absolute atomic E-state index is 0.0318. The van der Waals surface area contributed by atoms with Gasteiger partial charge in [-0.15, -0.1) is 0 Å². The van der Waals surface area contributed by atoms with Gasteiger partial charge < -0.3 is 0 Å². The molecule has 0 heterocycles. The van der Waals surface area contributed by atoms with E-state index in [0.29, 0.717) is 0 Å². The lowest BCUT2D eigenvalue weighted by molar-refractivity contribution is -0.0379. The van der Waals surface area contributed by atoms with E-state index in [1.807, 2.05) is 0 Å². The van der Waals surface area contributed by atoms with E-state index in [4.69, 9.17) is 0 Å². The van der Waals surface area contributed by atoms with Crippen molar-refractivity contribution < 1.29 is 4.79 Å². The van der Waals surface area contributed by atoms with Gasteiger partial charge in [-0.05, 0) is 43.4 Å². The summed E-state index contributed by atoms with van der Waals surface area (Å²) in [5, 5.41) is 0. The lowest BCUT2D eigenvalue weighted by Gasteiger charge is -2.55. The lowest BCUT2D eigenvalue weighted by atomic mass is 9.48. The molecule has 4 unspecified atom stereocenters. The standard InChI is InChI=1S/C12H17O/c13-8-12-5-1-2-10-6-9(7-12)3-4-11(10)12/h9-11H,1-7H2. The predicted octanol–water partition coefficient (Wildman–Crippen LogP) is 2.70. The van der Waals surface area contributed by atoms with E-state index in [-0.39, 0.29) is 5.41 Å². The Labute approximate surface area is 79.9 Å². The number of fused-ring (bicyclic) bond motifs is 1. The van der Waals surface area contributed by atoms with Crippen LogP contribution in [0.4, 0.5) is 0 Å². The molecule has 4 rings (SSSR count). The molecule has 4 aliphatic carbocycles. The molecule has 0 N–H and O–H groups in total. The van der Waals surface area contributed by atoms with Crippen LogP contribution in [0.2, 0.25) is 0 Å². The number of hydrogen-bond donors (Lipinski definition) is 0. The summed E-state index contributed by atoms with van der Waals surface area (Å²) in [6.07, 6.45) is 11.6. The molecule has 1 nitrogen and oxygen atoms in total. The first kappa shape index (κ1) is 8.02. The topological polar surface area (TPSA) is 17.1 Å². The third-order valence-electron chi connectivity index (χ3n) is 4.85. The van der Waals surface area contributed by atoms with Crippen LogP contribution in [0, 0.1) is 23.2 Å². The third kappa shape index (κ3) is 0.963.